The van der Waals surface area contributed by atoms with Crippen molar-refractivity contribution >= 4 is 11.3 Å². The van der Waals surface area contributed by atoms with Crippen LogP contribution in [0.1, 0.15) is 54.3 Å². The first kappa shape index (κ1) is 15.4. The van der Waals surface area contributed by atoms with E-state index in [0.717, 1.165) is 51.5 Å². The minimum absolute atomic E-state index is 0.0597. The molecule has 1 aromatic heterocycles. The number of likely N-dealkylation sites (tertiary alicyclic amines) is 1. The molecule has 5 heteroatoms. The third-order valence-corrected chi connectivity index (χ3v) is 5.87. The molecule has 2 aliphatic rings. The Morgan fingerprint density at radius 2 is 2.10 bits per heavy atom. The fourth-order valence-electron chi connectivity index (χ4n) is 3.03. The molecule has 1 saturated heterocycles. The maximum atomic E-state index is 9.48. The van der Waals surface area contributed by atoms with Crippen molar-refractivity contribution < 1.29 is 5.11 Å². The molecule has 1 saturated carbocycles. The van der Waals surface area contributed by atoms with Crippen LogP contribution >= 0.6 is 11.3 Å². The number of aromatic nitrogens is 1. The Morgan fingerprint density at radius 3 is 2.81 bits per heavy atom. The van der Waals surface area contributed by atoms with Gasteiger partial charge in [0, 0.05) is 36.6 Å². The summed E-state index contributed by atoms with van der Waals surface area (Å²) in [6.07, 6.45) is 9.12. The van der Waals surface area contributed by atoms with Gasteiger partial charge in [-0.15, -0.1) is 11.3 Å². The summed E-state index contributed by atoms with van der Waals surface area (Å²) in [6.45, 7) is 5.29. The van der Waals surface area contributed by atoms with Gasteiger partial charge < -0.3 is 15.3 Å². The molecule has 1 aliphatic heterocycles. The molecular weight excluding hydrogens is 282 g/mol. The molecule has 2 heterocycles. The summed E-state index contributed by atoms with van der Waals surface area (Å²) in [5, 5.41) is 14.4. The number of aliphatic hydroxyl groups is 1. The molecule has 0 bridgehead atoms. The zero-order valence-electron chi connectivity index (χ0n) is 12.8. The molecule has 0 unspecified atom stereocenters. The third kappa shape index (κ3) is 4.49. The second kappa shape index (κ2) is 7.68. The zero-order chi connectivity index (χ0) is 14.5. The van der Waals surface area contributed by atoms with E-state index in [2.05, 4.69) is 21.4 Å². The van der Waals surface area contributed by atoms with Gasteiger partial charge in [0.15, 0.2) is 0 Å². The van der Waals surface area contributed by atoms with Gasteiger partial charge in [0.2, 0.25) is 0 Å². The highest BCUT2D eigenvalue weighted by atomic mass is 32.1. The molecule has 0 spiro atoms. The first-order valence-corrected chi connectivity index (χ1v) is 9.18. The fourth-order valence-corrected chi connectivity index (χ4v) is 4.09. The lowest BCUT2D eigenvalue weighted by Crippen LogP contribution is -2.37. The van der Waals surface area contributed by atoms with Gasteiger partial charge in [0.1, 0.15) is 0 Å². The van der Waals surface area contributed by atoms with Crippen LogP contribution in [0.2, 0.25) is 0 Å². The summed E-state index contributed by atoms with van der Waals surface area (Å²) in [5.41, 5.74) is 0. The minimum atomic E-state index is -0.0597. The van der Waals surface area contributed by atoms with Crippen LogP contribution in [0.25, 0.3) is 0 Å². The summed E-state index contributed by atoms with van der Waals surface area (Å²) in [5.74, 6) is 0.762. The van der Waals surface area contributed by atoms with Crippen molar-refractivity contribution in [2.24, 2.45) is 0 Å². The highest BCUT2D eigenvalue weighted by Gasteiger charge is 2.22. The Labute approximate surface area is 131 Å². The van der Waals surface area contributed by atoms with Gasteiger partial charge in [-0.2, -0.15) is 0 Å². The van der Waals surface area contributed by atoms with E-state index >= 15 is 0 Å². The van der Waals surface area contributed by atoms with Crippen LogP contribution in [0.5, 0.6) is 0 Å². The molecule has 1 aromatic rings. The van der Waals surface area contributed by atoms with Crippen molar-refractivity contribution in [2.75, 3.05) is 26.2 Å². The molecule has 0 radical (unpaired) electrons. The van der Waals surface area contributed by atoms with E-state index < -0.39 is 0 Å². The SMILES string of the molecule is OC1CCN(CCCNCc2cnc(C3CCC3)s2)CC1. The Bertz CT molecular complexity index is 425. The number of thiazole rings is 1. The highest BCUT2D eigenvalue weighted by molar-refractivity contribution is 7.11. The molecule has 21 heavy (non-hydrogen) atoms. The summed E-state index contributed by atoms with van der Waals surface area (Å²) in [7, 11) is 0. The van der Waals surface area contributed by atoms with Crippen molar-refractivity contribution in [1.29, 1.82) is 0 Å². The van der Waals surface area contributed by atoms with E-state index in [-0.39, 0.29) is 6.10 Å². The summed E-state index contributed by atoms with van der Waals surface area (Å²) in [6, 6.07) is 0. The Hall–Kier alpha value is -0.490. The number of rotatable bonds is 7. The number of aliphatic hydroxyl groups excluding tert-OH is 1. The van der Waals surface area contributed by atoms with Crippen LogP contribution < -0.4 is 5.32 Å². The monoisotopic (exact) mass is 309 g/mol. The third-order valence-electron chi connectivity index (χ3n) is 4.71. The van der Waals surface area contributed by atoms with Crippen LogP contribution in [-0.4, -0.2) is 47.3 Å². The summed E-state index contributed by atoms with van der Waals surface area (Å²) >= 11 is 1.89. The minimum Gasteiger partial charge on any atom is -0.393 e. The Kier molecular flexibility index (Phi) is 5.63. The molecule has 2 N–H and O–H groups in total. The predicted octanol–water partition coefficient (Wildman–Crippen LogP) is 2.35. The van der Waals surface area contributed by atoms with Gasteiger partial charge in [-0.1, -0.05) is 6.42 Å². The van der Waals surface area contributed by atoms with Crippen molar-refractivity contribution in [3.8, 4) is 0 Å². The van der Waals surface area contributed by atoms with Crippen molar-refractivity contribution in [1.82, 2.24) is 15.2 Å². The quantitative estimate of drug-likeness (QED) is 0.759. The Morgan fingerprint density at radius 1 is 1.29 bits per heavy atom. The topological polar surface area (TPSA) is 48.4 Å². The predicted molar refractivity (Wildman–Crippen MR) is 86.7 cm³/mol. The second-order valence-corrected chi connectivity index (χ2v) is 7.54. The standard InChI is InChI=1S/C16H27N3OS/c20-14-5-9-19(10-6-14)8-2-7-17-11-15-12-18-16(21-15)13-3-1-4-13/h12-14,17,20H,1-11H2. The average Bonchev–Trinajstić information content (AvgIpc) is 2.87. The lowest BCUT2D eigenvalue weighted by molar-refractivity contribution is 0.0821. The smallest absolute Gasteiger partial charge is 0.0959 e. The van der Waals surface area contributed by atoms with Crippen molar-refractivity contribution in [3.05, 3.63) is 16.1 Å². The first-order valence-electron chi connectivity index (χ1n) is 8.37. The molecule has 4 nitrogen and oxygen atoms in total. The molecule has 0 atom stereocenters. The highest BCUT2D eigenvalue weighted by Crippen LogP contribution is 2.38. The van der Waals surface area contributed by atoms with E-state index in [1.165, 1.54) is 35.6 Å². The van der Waals surface area contributed by atoms with E-state index in [1.54, 1.807) is 0 Å². The van der Waals surface area contributed by atoms with E-state index in [4.69, 9.17) is 0 Å². The van der Waals surface area contributed by atoms with E-state index in [0.29, 0.717) is 0 Å². The maximum absolute atomic E-state index is 9.48. The van der Waals surface area contributed by atoms with Gasteiger partial charge in [-0.25, -0.2) is 4.98 Å². The number of nitrogens with one attached hydrogen (secondary N) is 1. The van der Waals surface area contributed by atoms with E-state index in [1.807, 2.05) is 11.3 Å². The largest absolute Gasteiger partial charge is 0.393 e. The van der Waals surface area contributed by atoms with Gasteiger partial charge in [0.05, 0.1) is 11.1 Å². The number of hydrogen-bond acceptors (Lipinski definition) is 5. The number of hydrogen-bond donors (Lipinski definition) is 2. The molecular formula is C16H27N3OS. The van der Waals surface area contributed by atoms with Crippen LogP contribution in [0.3, 0.4) is 0 Å². The Balaban J connectivity index is 1.27. The number of nitrogens with zero attached hydrogens (tertiary/aromatic N) is 2. The fraction of sp³-hybridized carbons (Fsp3) is 0.812. The lowest BCUT2D eigenvalue weighted by Gasteiger charge is -2.29. The van der Waals surface area contributed by atoms with Gasteiger partial charge in [0.25, 0.3) is 0 Å². The molecule has 118 valence electrons. The average molecular weight is 309 g/mol. The van der Waals surface area contributed by atoms with Crippen LogP contribution in [0, 0.1) is 0 Å². The van der Waals surface area contributed by atoms with E-state index in [9.17, 15) is 5.11 Å². The molecule has 0 aromatic carbocycles. The maximum Gasteiger partial charge on any atom is 0.0959 e. The normalized spacial score (nSPS) is 21.6. The van der Waals surface area contributed by atoms with Gasteiger partial charge in [-0.3, -0.25) is 0 Å². The molecule has 3 rings (SSSR count). The van der Waals surface area contributed by atoms with Crippen molar-refractivity contribution in [2.45, 2.75) is 57.1 Å². The summed E-state index contributed by atoms with van der Waals surface area (Å²) < 4.78 is 0. The van der Waals surface area contributed by atoms with Gasteiger partial charge >= 0.3 is 0 Å². The summed E-state index contributed by atoms with van der Waals surface area (Å²) in [4.78, 5) is 8.41. The number of piperidine rings is 1. The van der Waals surface area contributed by atoms with Gasteiger partial charge in [-0.05, 0) is 45.2 Å². The molecule has 0 amide bonds. The second-order valence-electron chi connectivity index (χ2n) is 6.40. The van der Waals surface area contributed by atoms with Crippen LogP contribution in [0.15, 0.2) is 6.20 Å². The first-order chi connectivity index (χ1) is 10.3. The zero-order valence-corrected chi connectivity index (χ0v) is 13.6. The molecule has 1 aliphatic carbocycles. The van der Waals surface area contributed by atoms with Crippen molar-refractivity contribution in [3.63, 3.8) is 0 Å². The lowest BCUT2D eigenvalue weighted by atomic mass is 9.86. The molecule has 2 fully saturated rings. The van der Waals surface area contributed by atoms with Crippen LogP contribution in [-0.2, 0) is 6.54 Å². The van der Waals surface area contributed by atoms with Crippen LogP contribution in [0.4, 0.5) is 0 Å².